The molecule has 0 amide bonds. The Balaban J connectivity index is 1.21. The van der Waals surface area contributed by atoms with E-state index in [4.69, 9.17) is 92.8 Å². The van der Waals surface area contributed by atoms with E-state index >= 15 is 0 Å². The summed E-state index contributed by atoms with van der Waals surface area (Å²) in [7, 11) is 10.0. The zero-order chi connectivity index (χ0) is 83.2. The maximum atomic E-state index is 12.0. The van der Waals surface area contributed by atoms with Crippen LogP contribution in [-0.4, -0.2) is 49.9 Å². The van der Waals surface area contributed by atoms with Crippen molar-refractivity contribution in [2.24, 2.45) is 0 Å². The van der Waals surface area contributed by atoms with Crippen molar-refractivity contribution < 1.29 is 14.7 Å². The molecule has 5 spiro atoms. The van der Waals surface area contributed by atoms with E-state index in [1.165, 1.54) is 87.6 Å². The molecule has 10 aliphatic rings. The molecule has 2 saturated heterocycles. The summed E-state index contributed by atoms with van der Waals surface area (Å²) in [6.07, 6.45) is 52.3. The van der Waals surface area contributed by atoms with Crippen LogP contribution < -0.4 is 20.7 Å². The number of halogens is 10. The Morgan fingerprint density at radius 1 is 0.278 bits per heavy atom. The average molecular weight is 2000 g/mol. The van der Waals surface area contributed by atoms with E-state index in [9.17, 15) is 17.2 Å². The van der Waals surface area contributed by atoms with Crippen molar-refractivity contribution in [3.63, 3.8) is 0 Å². The van der Waals surface area contributed by atoms with Crippen LogP contribution in [0.5, 0.6) is 0 Å². The topological polar surface area (TPSA) is 0 Å². The second-order valence-electron chi connectivity index (χ2n) is 35.5. The maximum absolute atomic E-state index is 12.0. The van der Waals surface area contributed by atoms with E-state index in [0.29, 0.717) is 0 Å². The van der Waals surface area contributed by atoms with Gasteiger partial charge in [-0.1, -0.05) is 0 Å². The molecular formula is C98H120Cl10HfSi6. The zero-order valence-corrected chi connectivity index (χ0v) is 88.7. The normalized spacial score (nSPS) is 28.5. The first-order valence-corrected chi connectivity index (χ1v) is 78.1. The summed E-state index contributed by atoms with van der Waals surface area (Å²) in [5, 5.41) is 11.0. The molecule has 610 valence electrons. The third-order valence-corrected chi connectivity index (χ3v) is 176. The van der Waals surface area contributed by atoms with Crippen LogP contribution in [0.1, 0.15) is 182 Å². The first kappa shape index (κ1) is 89.1. The fraction of sp³-hybridized carbons (Fsp3) is 0.429. The molecule has 4 aromatic carbocycles. The summed E-state index contributed by atoms with van der Waals surface area (Å²) in [6.45, 7) is 43.4. The van der Waals surface area contributed by atoms with Crippen molar-refractivity contribution in [2.75, 3.05) is 0 Å². The van der Waals surface area contributed by atoms with Crippen LogP contribution in [0, 0.1) is 0 Å². The van der Waals surface area contributed by atoms with E-state index < -0.39 is 75.7 Å². The summed E-state index contributed by atoms with van der Waals surface area (Å²) in [5.74, 6) is -1.02. The fourth-order valence-electron chi connectivity index (χ4n) is 28.7. The molecule has 0 aromatic heterocycles. The number of benzene rings is 4. The Labute approximate surface area is 743 Å². The SMILES string of the molecule is CCC1=CC2=C(C=CC=CC2c2cc(Cl)c([Si](CC)(CC)CC)c(Cl)c2)[C]12[SiH](C)[C]1(C(CC)=CC3=C1C=CC=CC3c1cc(Cl)c([Si](CC)(CC)CC)c(Cl)c1)[Hf]21([Cl])([Cl])[C]2(C(CC)=CC3=C2C=CC=CC3c2cc(Cl)c([Si](CC)(CC)CC)c(Cl)c2)[SiH](C)[C]12C(CC)=CC1=C2C=CC=CC1c1cc(Cl)c([Si](CC)(CC)CC)c(Cl)c1. The quantitative estimate of drug-likeness (QED) is 0.0614. The second-order valence-corrected chi connectivity index (χ2v) is 114. The number of fused-ring (bicyclic) bond motifs is 8. The molecule has 4 aromatic rings. The fourth-order valence-corrected chi connectivity index (χ4v) is 221. The second kappa shape index (κ2) is 32.1. The molecule has 17 heteroatoms. The Bertz CT molecular complexity index is 4520. The first-order chi connectivity index (χ1) is 54.9. The molecule has 0 nitrogen and oxygen atoms in total. The Hall–Kier alpha value is -2.21. The predicted octanol–water partition coefficient (Wildman–Crippen LogP) is 32.4. The van der Waals surface area contributed by atoms with Gasteiger partial charge in [0.15, 0.2) is 0 Å². The van der Waals surface area contributed by atoms with Gasteiger partial charge in [0.25, 0.3) is 0 Å². The Morgan fingerprint density at radius 2 is 0.443 bits per heavy atom. The molecule has 2 heterocycles. The summed E-state index contributed by atoms with van der Waals surface area (Å²) < 4.78 is -3.56. The summed E-state index contributed by atoms with van der Waals surface area (Å²) >= 11 is 55.3. The molecule has 115 heavy (non-hydrogen) atoms. The van der Waals surface area contributed by atoms with Crippen LogP contribution in [0.2, 0.25) is 137 Å². The Kier molecular flexibility index (Phi) is 24.9. The van der Waals surface area contributed by atoms with Crippen molar-refractivity contribution in [3.8, 4) is 0 Å². The van der Waals surface area contributed by atoms with Crippen molar-refractivity contribution >= 4 is 181 Å². The van der Waals surface area contributed by atoms with E-state index in [1.54, 1.807) is 0 Å². The Morgan fingerprint density at radius 3 is 0.591 bits per heavy atom. The monoisotopic (exact) mass is 1990 g/mol. The van der Waals surface area contributed by atoms with Gasteiger partial charge >= 0.3 is 752 Å². The first-order valence-electron chi connectivity index (χ1n) is 43.9. The van der Waals surface area contributed by atoms with Gasteiger partial charge < -0.3 is 0 Å². The molecule has 8 unspecified atom stereocenters. The van der Waals surface area contributed by atoms with Crippen LogP contribution in [0.25, 0.3) is 0 Å². The third-order valence-electron chi connectivity index (χ3n) is 34.0. The molecule has 0 saturated carbocycles. The van der Waals surface area contributed by atoms with E-state index in [2.05, 4.69) is 294 Å². The number of allylic oxidation sites excluding steroid dienone is 32. The molecule has 8 aliphatic carbocycles. The minimum absolute atomic E-state index is 0.255. The van der Waals surface area contributed by atoms with E-state index in [-0.39, 0.29) is 23.7 Å². The van der Waals surface area contributed by atoms with Gasteiger partial charge in [0.05, 0.1) is 0 Å². The van der Waals surface area contributed by atoms with Crippen LogP contribution in [-0.2, 0) is 14.7 Å². The zero-order valence-electron chi connectivity index (χ0n) is 71.2. The van der Waals surface area contributed by atoms with Crippen LogP contribution in [0.4, 0.5) is 0 Å². The van der Waals surface area contributed by atoms with Gasteiger partial charge in [-0.05, 0) is 0 Å². The standard InChI is InChI=1S/2C49H60Cl4Si3.2ClH.Hf/c2*1-10-32-26-40-36(34-28-42(50)48(43(51)29-34)55(12-3,13-4)14-5)22-18-20-24-38(40)46(32)54(9)47-33(11-2)27-41-37(23-19-21-25-39(41)47)35-30-44(52)49(45(53)31-35)56(15-6,16-7)17-8;;;/h2*18-31,36-37,54H,10-17H2,1-9H3;2*1H;/q;;;;+2/p-2. The molecule has 0 bridgehead atoms. The van der Waals surface area contributed by atoms with Gasteiger partial charge in [0.1, 0.15) is 0 Å². The minimum atomic E-state index is -8.36. The van der Waals surface area contributed by atoms with E-state index in [0.717, 1.165) is 161 Å². The number of hydrogen-bond donors (Lipinski definition) is 0. The molecule has 8 atom stereocenters. The third kappa shape index (κ3) is 10.8. The van der Waals surface area contributed by atoms with Crippen LogP contribution >= 0.6 is 110 Å². The average Bonchev–Trinajstić information content (AvgIpc) is 1.47. The van der Waals surface area contributed by atoms with Gasteiger partial charge in [0.2, 0.25) is 0 Å². The molecule has 14 rings (SSSR count). The van der Waals surface area contributed by atoms with Gasteiger partial charge in [-0.2, -0.15) is 0 Å². The van der Waals surface area contributed by atoms with Gasteiger partial charge in [-0.3, -0.25) is 0 Å². The van der Waals surface area contributed by atoms with Crippen molar-refractivity contribution in [1.29, 1.82) is 0 Å². The predicted molar refractivity (Wildman–Crippen MR) is 527 cm³/mol. The van der Waals surface area contributed by atoms with Gasteiger partial charge in [0, 0.05) is 0 Å². The van der Waals surface area contributed by atoms with Crippen molar-refractivity contribution in [1.82, 2.24) is 0 Å². The molecule has 2 aliphatic heterocycles. The van der Waals surface area contributed by atoms with E-state index in [1.807, 2.05) is 0 Å². The summed E-state index contributed by atoms with van der Waals surface area (Å²) in [4.78, 5) is 0. The van der Waals surface area contributed by atoms with Gasteiger partial charge in [-0.25, -0.2) is 0 Å². The summed E-state index contributed by atoms with van der Waals surface area (Å²) in [5.41, 5.74) is 20.1. The van der Waals surface area contributed by atoms with Crippen molar-refractivity contribution in [2.45, 2.75) is 257 Å². The van der Waals surface area contributed by atoms with Gasteiger partial charge in [-0.15, -0.1) is 0 Å². The molecular weight excluding hydrogens is 1880 g/mol. The molecule has 0 radical (unpaired) electrons. The van der Waals surface area contributed by atoms with Crippen LogP contribution in [0.15, 0.2) is 237 Å². The number of rotatable bonds is 24. The molecule has 0 N–H and O–H groups in total. The number of hydrogen-bond acceptors (Lipinski definition) is 0. The van der Waals surface area contributed by atoms with Crippen LogP contribution in [0.3, 0.4) is 0 Å². The van der Waals surface area contributed by atoms with Crippen molar-refractivity contribution in [3.05, 3.63) is 299 Å². The molecule has 2 fully saturated rings. The summed E-state index contributed by atoms with van der Waals surface area (Å²) in [6, 6.07) is 31.2.